The maximum absolute atomic E-state index is 13.1. The Labute approximate surface area is 91.2 Å². The average Bonchev–Trinajstić information content (AvgIpc) is 2.15. The molecule has 0 aliphatic carbocycles. The zero-order chi connectivity index (χ0) is 13.5. The highest BCUT2D eigenvalue weighted by Gasteiger charge is 2.74. The van der Waals surface area contributed by atoms with Crippen molar-refractivity contribution in [2.75, 3.05) is 0 Å². The van der Waals surface area contributed by atoms with Crippen LogP contribution < -0.4 is 5.32 Å². The number of rotatable bonds is 2. The van der Waals surface area contributed by atoms with Crippen LogP contribution >= 0.6 is 0 Å². The molecular weight excluding hydrogens is 257 g/mol. The number of nitrogens with one attached hydrogen (secondary N) is 1. The van der Waals surface area contributed by atoms with Crippen molar-refractivity contribution in [2.24, 2.45) is 4.99 Å². The van der Waals surface area contributed by atoms with Gasteiger partial charge in [0, 0.05) is 6.21 Å². The molecule has 1 aliphatic heterocycles. The number of alkyl halides is 7. The van der Waals surface area contributed by atoms with E-state index in [0.717, 1.165) is 6.21 Å². The second-order valence-electron chi connectivity index (χ2n) is 3.35. The molecule has 1 aliphatic rings. The van der Waals surface area contributed by atoms with Gasteiger partial charge in [-0.1, -0.05) is 0 Å². The molecule has 1 heterocycles. The lowest BCUT2D eigenvalue weighted by molar-refractivity contribution is -0.345. The summed E-state index contributed by atoms with van der Waals surface area (Å²) in [4.78, 5) is 3.47. The van der Waals surface area contributed by atoms with Gasteiger partial charge in [0.05, 0.1) is 5.70 Å². The molecule has 2 nitrogen and oxygen atoms in total. The van der Waals surface area contributed by atoms with Gasteiger partial charge in [-0.15, -0.1) is 0 Å². The van der Waals surface area contributed by atoms with Crippen LogP contribution in [0.4, 0.5) is 30.7 Å². The van der Waals surface area contributed by atoms with Gasteiger partial charge in [0.25, 0.3) is 0 Å². The molecule has 0 spiro atoms. The number of nitrogens with zero attached hydrogens (tertiary/aromatic N) is 1. The van der Waals surface area contributed by atoms with E-state index in [1.54, 1.807) is 5.32 Å². The summed E-state index contributed by atoms with van der Waals surface area (Å²) in [6.45, 7) is 1.23. The lowest BCUT2D eigenvalue weighted by Crippen LogP contribution is -2.56. The van der Waals surface area contributed by atoms with Crippen LogP contribution in [0, 0.1) is 0 Å². The minimum atomic E-state index is -6.34. The zero-order valence-electron chi connectivity index (χ0n) is 8.33. The summed E-state index contributed by atoms with van der Waals surface area (Å²) in [7, 11) is 0. The quantitative estimate of drug-likeness (QED) is 0.762. The van der Waals surface area contributed by atoms with E-state index in [9.17, 15) is 30.7 Å². The Bertz CT molecular complexity index is 355. The van der Waals surface area contributed by atoms with Crippen LogP contribution in [-0.2, 0) is 0 Å². The molecule has 0 saturated carbocycles. The Morgan fingerprint density at radius 1 is 1.12 bits per heavy atom. The van der Waals surface area contributed by atoms with E-state index < -0.39 is 29.9 Å². The Balaban J connectivity index is 3.11. The van der Waals surface area contributed by atoms with E-state index in [2.05, 4.69) is 4.99 Å². The summed E-state index contributed by atoms with van der Waals surface area (Å²) < 4.78 is 87.0. The number of allylic oxidation sites excluding steroid dienone is 2. The molecule has 0 aromatic carbocycles. The van der Waals surface area contributed by atoms with Gasteiger partial charge in [0.15, 0.2) is 0 Å². The van der Waals surface area contributed by atoms with Crippen LogP contribution in [0.1, 0.15) is 6.92 Å². The van der Waals surface area contributed by atoms with E-state index in [4.69, 9.17) is 0 Å². The third-order valence-corrected chi connectivity index (χ3v) is 2.00. The van der Waals surface area contributed by atoms with Gasteiger partial charge < -0.3 is 5.32 Å². The van der Waals surface area contributed by atoms with Gasteiger partial charge in [-0.2, -0.15) is 30.7 Å². The average molecular weight is 264 g/mol. The largest absolute Gasteiger partial charge is 0.460 e. The van der Waals surface area contributed by atoms with Crippen molar-refractivity contribution in [3.63, 3.8) is 0 Å². The van der Waals surface area contributed by atoms with Crippen LogP contribution in [-0.4, -0.2) is 30.4 Å². The molecule has 1 unspecified atom stereocenters. The summed E-state index contributed by atoms with van der Waals surface area (Å²) in [5, 5.41) is 1.77. The predicted molar refractivity (Wildman–Crippen MR) is 45.1 cm³/mol. The Morgan fingerprint density at radius 2 is 1.65 bits per heavy atom. The lowest BCUT2D eigenvalue weighted by atomic mass is 10.1. The van der Waals surface area contributed by atoms with Crippen molar-refractivity contribution >= 4 is 6.21 Å². The summed E-state index contributed by atoms with van der Waals surface area (Å²) in [6.07, 6.45) is -6.20. The topological polar surface area (TPSA) is 24.4 Å². The number of aliphatic imine (C=N–C) groups is 1. The fourth-order valence-electron chi connectivity index (χ4n) is 1.10. The smallest absolute Gasteiger partial charge is 0.362 e. The Kier molecular flexibility index (Phi) is 3.15. The lowest BCUT2D eigenvalue weighted by Gasteiger charge is -2.32. The summed E-state index contributed by atoms with van der Waals surface area (Å²) in [5.74, 6) is -11.5. The molecule has 98 valence electrons. The van der Waals surface area contributed by atoms with E-state index in [1.165, 1.54) is 6.92 Å². The molecule has 0 bridgehead atoms. The molecule has 0 radical (unpaired) electrons. The van der Waals surface area contributed by atoms with Gasteiger partial charge >= 0.3 is 18.0 Å². The van der Waals surface area contributed by atoms with Gasteiger partial charge in [-0.05, 0) is 13.0 Å². The maximum Gasteiger partial charge on any atom is 0.460 e. The molecule has 9 heteroatoms. The summed E-state index contributed by atoms with van der Waals surface area (Å²) in [5.41, 5.74) is -1.51. The molecule has 0 aromatic heterocycles. The van der Waals surface area contributed by atoms with Crippen LogP contribution in [0.3, 0.4) is 0 Å². The molecule has 0 aromatic rings. The highest BCUT2D eigenvalue weighted by molar-refractivity contribution is 5.73. The van der Waals surface area contributed by atoms with Gasteiger partial charge in [-0.3, -0.25) is 4.99 Å². The standard InChI is InChI=1S/C8H7F7N2/c1-4-16-3-2-5(17-4)6(9,10)7(11,12)8(13,14)15/h2-4,17H,1H3. The Morgan fingerprint density at radius 3 is 2.06 bits per heavy atom. The van der Waals surface area contributed by atoms with Gasteiger partial charge in [-0.25, -0.2) is 0 Å². The first-order valence-corrected chi connectivity index (χ1v) is 4.33. The van der Waals surface area contributed by atoms with Crippen molar-refractivity contribution in [2.45, 2.75) is 31.1 Å². The van der Waals surface area contributed by atoms with Crippen LogP contribution in [0.15, 0.2) is 16.8 Å². The van der Waals surface area contributed by atoms with Crippen molar-refractivity contribution < 1.29 is 30.7 Å². The molecule has 0 fully saturated rings. The first-order chi connectivity index (χ1) is 7.50. The van der Waals surface area contributed by atoms with E-state index in [0.29, 0.717) is 6.08 Å². The second-order valence-corrected chi connectivity index (χ2v) is 3.35. The Hall–Kier alpha value is -1.28. The monoisotopic (exact) mass is 264 g/mol. The maximum atomic E-state index is 13.1. The van der Waals surface area contributed by atoms with E-state index in [-0.39, 0.29) is 0 Å². The van der Waals surface area contributed by atoms with Crippen LogP contribution in [0.5, 0.6) is 0 Å². The van der Waals surface area contributed by atoms with Crippen molar-refractivity contribution in [3.8, 4) is 0 Å². The molecule has 17 heavy (non-hydrogen) atoms. The third kappa shape index (κ3) is 2.22. The minimum absolute atomic E-state index is 0.389. The number of hydrogen-bond acceptors (Lipinski definition) is 2. The minimum Gasteiger partial charge on any atom is -0.362 e. The fourth-order valence-corrected chi connectivity index (χ4v) is 1.10. The predicted octanol–water partition coefficient (Wildman–Crippen LogP) is 2.72. The van der Waals surface area contributed by atoms with Crippen molar-refractivity contribution in [1.82, 2.24) is 5.32 Å². The molecule has 1 rings (SSSR count). The number of hydrogen-bond donors (Lipinski definition) is 1. The third-order valence-electron chi connectivity index (χ3n) is 2.00. The highest BCUT2D eigenvalue weighted by Crippen LogP contribution is 2.49. The van der Waals surface area contributed by atoms with Crippen LogP contribution in [0.2, 0.25) is 0 Å². The van der Waals surface area contributed by atoms with Crippen LogP contribution in [0.25, 0.3) is 0 Å². The molecule has 0 amide bonds. The highest BCUT2D eigenvalue weighted by atomic mass is 19.4. The van der Waals surface area contributed by atoms with Crippen molar-refractivity contribution in [1.29, 1.82) is 0 Å². The van der Waals surface area contributed by atoms with Crippen molar-refractivity contribution in [3.05, 3.63) is 11.8 Å². The SMILES string of the molecule is CC1N=CC=C(C(F)(F)C(F)(F)C(F)(F)F)N1. The van der Waals surface area contributed by atoms with Gasteiger partial charge in [0.2, 0.25) is 0 Å². The zero-order valence-corrected chi connectivity index (χ0v) is 8.33. The second kappa shape index (κ2) is 3.88. The fraction of sp³-hybridized carbons (Fsp3) is 0.625. The normalized spacial score (nSPS) is 22.1. The molecular formula is C8H7F7N2. The first-order valence-electron chi connectivity index (χ1n) is 4.33. The number of halogens is 7. The molecule has 0 saturated heterocycles. The molecule has 1 atom stereocenters. The van der Waals surface area contributed by atoms with Gasteiger partial charge in [0.1, 0.15) is 6.17 Å². The summed E-state index contributed by atoms with van der Waals surface area (Å²) in [6, 6.07) is 0. The molecule has 1 N–H and O–H groups in total. The first kappa shape index (κ1) is 13.8. The van der Waals surface area contributed by atoms with E-state index >= 15 is 0 Å². The van der Waals surface area contributed by atoms with E-state index in [1.807, 2.05) is 0 Å². The summed E-state index contributed by atoms with van der Waals surface area (Å²) >= 11 is 0.